The van der Waals surface area contributed by atoms with Crippen LogP contribution in [0.25, 0.3) is 11.1 Å². The lowest BCUT2D eigenvalue weighted by Crippen LogP contribution is -2.35. The predicted octanol–water partition coefficient (Wildman–Crippen LogP) is 5.65. The van der Waals surface area contributed by atoms with Gasteiger partial charge in [-0.1, -0.05) is 53.7 Å². The highest BCUT2D eigenvalue weighted by molar-refractivity contribution is 5.79. The summed E-state index contributed by atoms with van der Waals surface area (Å²) in [5.41, 5.74) is 4.12. The van der Waals surface area contributed by atoms with Crippen molar-refractivity contribution in [3.8, 4) is 11.1 Å². The van der Waals surface area contributed by atoms with Crippen LogP contribution in [-0.2, 0) is 9.47 Å². The summed E-state index contributed by atoms with van der Waals surface area (Å²) >= 11 is 0. The molecule has 0 unspecified atom stereocenters. The molecule has 9 nitrogen and oxygen atoms in total. The van der Waals surface area contributed by atoms with E-state index in [1.165, 1.54) is 22.3 Å². The van der Waals surface area contributed by atoms with Crippen LogP contribution in [0.3, 0.4) is 0 Å². The fourth-order valence-corrected chi connectivity index (χ4v) is 4.48. The van der Waals surface area contributed by atoms with Gasteiger partial charge in [-0.3, -0.25) is 0 Å². The number of carbonyl (C=O) groups excluding carboxylic acids is 2. The summed E-state index contributed by atoms with van der Waals surface area (Å²) in [4.78, 5) is 28.9. The molecule has 4 rings (SSSR count). The SMILES string of the molecule is Cc1noc([C@H](CCCCNC(=O)OCC2c3ccccc3-c3ccccc32)NC(=O)OC(C)(C)C)n1. The van der Waals surface area contributed by atoms with Crippen molar-refractivity contribution >= 4 is 12.2 Å². The molecular formula is C28H34N4O5. The van der Waals surface area contributed by atoms with Crippen molar-refractivity contribution in [2.45, 2.75) is 64.5 Å². The molecule has 0 saturated carbocycles. The van der Waals surface area contributed by atoms with Crippen LogP contribution in [0.2, 0.25) is 0 Å². The normalized spacial score (nSPS) is 13.4. The average Bonchev–Trinajstić information content (AvgIpc) is 3.42. The number of rotatable bonds is 9. The van der Waals surface area contributed by atoms with Gasteiger partial charge in [0.25, 0.3) is 0 Å². The van der Waals surface area contributed by atoms with Crippen molar-refractivity contribution in [1.29, 1.82) is 0 Å². The largest absolute Gasteiger partial charge is 0.449 e. The molecule has 9 heteroatoms. The molecule has 0 bridgehead atoms. The Bertz CT molecular complexity index is 1190. The molecule has 0 saturated heterocycles. The van der Waals surface area contributed by atoms with Gasteiger partial charge >= 0.3 is 12.2 Å². The van der Waals surface area contributed by atoms with Crippen LogP contribution in [0.1, 0.15) is 74.8 Å². The number of nitrogens with one attached hydrogen (secondary N) is 2. The summed E-state index contributed by atoms with van der Waals surface area (Å²) < 4.78 is 16.2. The monoisotopic (exact) mass is 506 g/mol. The molecule has 0 radical (unpaired) electrons. The standard InChI is InChI=1S/C28H34N4O5/c1-18-30-25(37-32-18)24(31-27(34)36-28(2,3)4)15-9-10-16-29-26(33)35-17-23-21-13-7-5-11-19(21)20-12-6-8-14-22(20)23/h5-8,11-14,23-24H,9-10,15-17H2,1-4H3,(H,29,33)(H,31,34)/t24-/m0/s1. The van der Waals surface area contributed by atoms with Crippen molar-refractivity contribution in [3.63, 3.8) is 0 Å². The topological polar surface area (TPSA) is 116 Å². The van der Waals surface area contributed by atoms with Gasteiger partial charge in [-0.2, -0.15) is 4.98 Å². The first kappa shape index (κ1) is 26.2. The number of unbranched alkanes of at least 4 members (excludes halogenated alkanes) is 1. The van der Waals surface area contributed by atoms with Crippen molar-refractivity contribution in [2.24, 2.45) is 0 Å². The molecule has 0 fully saturated rings. The predicted molar refractivity (Wildman–Crippen MR) is 138 cm³/mol. The van der Waals surface area contributed by atoms with Crippen LogP contribution in [0.4, 0.5) is 9.59 Å². The number of hydrogen-bond acceptors (Lipinski definition) is 7. The molecule has 3 aromatic rings. The van der Waals surface area contributed by atoms with E-state index in [0.717, 1.165) is 0 Å². The highest BCUT2D eigenvalue weighted by Crippen LogP contribution is 2.44. The van der Waals surface area contributed by atoms with Crippen molar-refractivity contribution in [1.82, 2.24) is 20.8 Å². The Morgan fingerprint density at radius 2 is 1.65 bits per heavy atom. The molecule has 196 valence electrons. The Morgan fingerprint density at radius 1 is 1.00 bits per heavy atom. The Hall–Kier alpha value is -3.88. The van der Waals surface area contributed by atoms with Crippen molar-refractivity contribution < 1.29 is 23.6 Å². The maximum atomic E-state index is 12.4. The number of ether oxygens (including phenoxy) is 2. The van der Waals surface area contributed by atoms with E-state index in [-0.39, 0.29) is 12.5 Å². The summed E-state index contributed by atoms with van der Waals surface area (Å²) in [6.07, 6.45) is 0.936. The Kier molecular flexibility index (Phi) is 8.11. The third kappa shape index (κ3) is 6.87. The zero-order valence-electron chi connectivity index (χ0n) is 21.7. The van der Waals surface area contributed by atoms with E-state index in [4.69, 9.17) is 14.0 Å². The second kappa shape index (κ2) is 11.5. The number of nitrogens with zero attached hydrogens (tertiary/aromatic N) is 2. The highest BCUT2D eigenvalue weighted by atomic mass is 16.6. The van der Waals surface area contributed by atoms with E-state index < -0.39 is 23.8 Å². The van der Waals surface area contributed by atoms with Crippen LogP contribution in [0.15, 0.2) is 53.1 Å². The second-order valence-corrected chi connectivity index (χ2v) is 10.1. The van der Waals surface area contributed by atoms with Gasteiger partial charge in [0.05, 0.1) is 0 Å². The fraction of sp³-hybridized carbons (Fsp3) is 0.429. The van der Waals surface area contributed by atoms with Gasteiger partial charge in [-0.25, -0.2) is 9.59 Å². The van der Waals surface area contributed by atoms with Crippen LogP contribution in [0, 0.1) is 6.92 Å². The van der Waals surface area contributed by atoms with Crippen molar-refractivity contribution in [3.05, 3.63) is 71.4 Å². The van der Waals surface area contributed by atoms with E-state index in [9.17, 15) is 9.59 Å². The van der Waals surface area contributed by atoms with Gasteiger partial charge in [0, 0.05) is 12.5 Å². The summed E-state index contributed by atoms with van der Waals surface area (Å²) in [6, 6.07) is 16.0. The minimum atomic E-state index is -0.619. The minimum Gasteiger partial charge on any atom is -0.449 e. The number of benzene rings is 2. The van der Waals surface area contributed by atoms with Crippen LogP contribution < -0.4 is 10.6 Å². The van der Waals surface area contributed by atoms with Crippen molar-refractivity contribution in [2.75, 3.05) is 13.2 Å². The third-order valence-electron chi connectivity index (χ3n) is 6.06. The Labute approximate surface area is 216 Å². The number of fused-ring (bicyclic) bond motifs is 3. The maximum absolute atomic E-state index is 12.4. The van der Waals surface area contributed by atoms with Crippen LogP contribution >= 0.6 is 0 Å². The molecule has 2 aromatic carbocycles. The van der Waals surface area contributed by atoms with Gasteiger partial charge in [0.15, 0.2) is 5.82 Å². The first-order valence-electron chi connectivity index (χ1n) is 12.6. The number of amides is 2. The zero-order chi connectivity index (χ0) is 26.4. The Balaban J connectivity index is 1.23. The van der Waals surface area contributed by atoms with Gasteiger partial charge in [-0.15, -0.1) is 0 Å². The molecule has 1 atom stereocenters. The van der Waals surface area contributed by atoms with E-state index in [1.807, 2.05) is 24.3 Å². The lowest BCUT2D eigenvalue weighted by molar-refractivity contribution is 0.0490. The molecule has 0 aliphatic heterocycles. The molecule has 1 aliphatic rings. The number of alkyl carbamates (subject to hydrolysis) is 2. The molecule has 2 N–H and O–H groups in total. The van der Waals surface area contributed by atoms with E-state index >= 15 is 0 Å². The highest BCUT2D eigenvalue weighted by Gasteiger charge is 2.29. The number of aromatic nitrogens is 2. The molecule has 1 aliphatic carbocycles. The van der Waals surface area contributed by atoms with Gasteiger partial charge in [0.2, 0.25) is 5.89 Å². The Morgan fingerprint density at radius 3 is 2.24 bits per heavy atom. The molecule has 37 heavy (non-hydrogen) atoms. The summed E-state index contributed by atoms with van der Waals surface area (Å²) in [7, 11) is 0. The number of carbonyl (C=O) groups is 2. The molecule has 2 amide bonds. The second-order valence-electron chi connectivity index (χ2n) is 10.1. The van der Waals surface area contributed by atoms with E-state index in [2.05, 4.69) is 45.0 Å². The lowest BCUT2D eigenvalue weighted by Gasteiger charge is -2.22. The fourth-order valence-electron chi connectivity index (χ4n) is 4.48. The summed E-state index contributed by atoms with van der Waals surface area (Å²) in [5, 5.41) is 9.44. The molecular weight excluding hydrogens is 472 g/mol. The van der Waals surface area contributed by atoms with Crippen LogP contribution in [0.5, 0.6) is 0 Å². The molecule has 1 aromatic heterocycles. The van der Waals surface area contributed by atoms with Gasteiger partial charge < -0.3 is 24.6 Å². The lowest BCUT2D eigenvalue weighted by atomic mass is 9.98. The van der Waals surface area contributed by atoms with E-state index in [0.29, 0.717) is 37.5 Å². The third-order valence-corrected chi connectivity index (χ3v) is 6.06. The van der Waals surface area contributed by atoms with Gasteiger partial charge in [0.1, 0.15) is 18.2 Å². The minimum absolute atomic E-state index is 0.0238. The molecule has 0 spiro atoms. The first-order chi connectivity index (χ1) is 17.7. The molecule has 1 heterocycles. The van der Waals surface area contributed by atoms with Crippen LogP contribution in [-0.4, -0.2) is 41.1 Å². The van der Waals surface area contributed by atoms with Gasteiger partial charge in [-0.05, 0) is 69.2 Å². The zero-order valence-corrected chi connectivity index (χ0v) is 21.7. The number of hydrogen-bond donors (Lipinski definition) is 2. The number of aryl methyl sites for hydroxylation is 1. The average molecular weight is 507 g/mol. The summed E-state index contributed by atoms with van der Waals surface area (Å²) in [6.45, 7) is 7.83. The maximum Gasteiger partial charge on any atom is 0.408 e. The smallest absolute Gasteiger partial charge is 0.408 e. The first-order valence-corrected chi connectivity index (χ1v) is 12.6. The summed E-state index contributed by atoms with van der Waals surface area (Å²) in [5.74, 6) is 0.839. The van der Waals surface area contributed by atoms with E-state index in [1.54, 1.807) is 27.7 Å². The quantitative estimate of drug-likeness (QED) is 0.360.